The predicted molar refractivity (Wildman–Crippen MR) is 191 cm³/mol. The molecule has 17 heteroatoms. The third kappa shape index (κ3) is 16.5. The molecule has 3 aromatic rings. The number of benzene rings is 3. The highest BCUT2D eigenvalue weighted by Gasteiger charge is 2.28. The maximum atomic E-state index is 12.4. The Morgan fingerprint density at radius 3 is 1.20 bits per heavy atom. The van der Waals surface area contributed by atoms with Crippen molar-refractivity contribution in [2.75, 3.05) is 66.3 Å². The summed E-state index contributed by atoms with van der Waals surface area (Å²) < 4.78 is 37.6. The van der Waals surface area contributed by atoms with E-state index < -0.39 is 61.5 Å². The normalized spacial score (nSPS) is 14.0. The van der Waals surface area contributed by atoms with Crippen molar-refractivity contribution < 1.29 is 83.3 Å². The number of hydrogen-bond acceptors (Lipinski definition) is 17. The van der Waals surface area contributed by atoms with Gasteiger partial charge < -0.3 is 68.9 Å². The van der Waals surface area contributed by atoms with Crippen LogP contribution in [0.2, 0.25) is 0 Å². The second-order valence-corrected chi connectivity index (χ2v) is 13.3. The molecule has 0 saturated carbocycles. The molecule has 0 aliphatic rings. The summed E-state index contributed by atoms with van der Waals surface area (Å²) in [7, 11) is 0. The number of phenols is 4. The molecule has 3 rings (SSSR count). The van der Waals surface area contributed by atoms with Crippen molar-refractivity contribution in [3.8, 4) is 23.0 Å². The first kappa shape index (κ1) is 44.4. The molecule has 17 nitrogen and oxygen atoms in total. The minimum atomic E-state index is -1.24. The Hall–Kier alpha value is -5.01. The molecule has 0 amide bonds. The van der Waals surface area contributed by atoms with Gasteiger partial charge in [0.1, 0.15) is 67.9 Å². The van der Waals surface area contributed by atoms with Crippen LogP contribution >= 0.6 is 0 Å². The van der Waals surface area contributed by atoms with Crippen molar-refractivity contribution in [3.05, 3.63) is 82.4 Å². The van der Waals surface area contributed by atoms with Crippen LogP contribution in [0.5, 0.6) is 23.0 Å². The van der Waals surface area contributed by atoms with E-state index in [9.17, 15) is 50.1 Å². The lowest BCUT2D eigenvalue weighted by Gasteiger charge is -2.30. The Labute approximate surface area is 317 Å². The molecular formula is C38H48O17. The van der Waals surface area contributed by atoms with Crippen molar-refractivity contribution in [1.29, 1.82) is 0 Å². The van der Waals surface area contributed by atoms with Crippen molar-refractivity contribution >= 4 is 17.9 Å². The fourth-order valence-corrected chi connectivity index (χ4v) is 4.92. The first-order valence-corrected chi connectivity index (χ1v) is 17.0. The van der Waals surface area contributed by atoms with Gasteiger partial charge in [0.2, 0.25) is 0 Å². The molecule has 0 aromatic heterocycles. The summed E-state index contributed by atoms with van der Waals surface area (Å²) in [6.07, 6.45) is -3.66. The van der Waals surface area contributed by atoms with Gasteiger partial charge in [0.15, 0.2) is 0 Å². The summed E-state index contributed by atoms with van der Waals surface area (Å²) in [4.78, 5) is 36.9. The molecule has 0 aliphatic heterocycles. The highest BCUT2D eigenvalue weighted by atomic mass is 16.7. The number of esters is 3. The van der Waals surface area contributed by atoms with Crippen molar-refractivity contribution in [2.24, 2.45) is 5.41 Å². The Bertz CT molecular complexity index is 1570. The highest BCUT2D eigenvalue weighted by molar-refractivity contribution is 5.91. The average Bonchev–Trinajstić information content (AvgIpc) is 3.10. The number of aromatic hydroxyl groups is 4. The zero-order valence-electron chi connectivity index (χ0n) is 30.7. The van der Waals surface area contributed by atoms with E-state index in [1.807, 2.05) is 0 Å². The average molecular weight is 777 g/mol. The van der Waals surface area contributed by atoms with E-state index in [2.05, 4.69) is 0 Å². The van der Waals surface area contributed by atoms with E-state index in [0.29, 0.717) is 11.1 Å². The number of ether oxygens (including phenoxy) is 7. The maximum Gasteiger partial charge on any atom is 0.338 e. The number of carbonyl (C=O) groups excluding carboxylic acids is 3. The van der Waals surface area contributed by atoms with Gasteiger partial charge in [0, 0.05) is 11.5 Å². The molecule has 7 N–H and O–H groups in total. The summed E-state index contributed by atoms with van der Waals surface area (Å²) in [6.45, 7) is 2.58. The summed E-state index contributed by atoms with van der Waals surface area (Å²) in [5.41, 5.74) is 0.481. The molecule has 3 aromatic carbocycles. The smallest absolute Gasteiger partial charge is 0.338 e. The first-order chi connectivity index (χ1) is 26.0. The Kier molecular flexibility index (Phi) is 17.6. The first-order valence-electron chi connectivity index (χ1n) is 17.0. The highest BCUT2D eigenvalue weighted by Crippen LogP contribution is 2.22. The van der Waals surface area contributed by atoms with E-state index in [1.165, 1.54) is 36.4 Å². The number of aliphatic hydroxyl groups is 3. The summed E-state index contributed by atoms with van der Waals surface area (Å²) >= 11 is 0. The van der Waals surface area contributed by atoms with Gasteiger partial charge in [-0.1, -0.05) is 6.92 Å². The molecule has 302 valence electrons. The molecule has 0 aliphatic carbocycles. The molecule has 0 radical (unpaired) electrons. The summed E-state index contributed by atoms with van der Waals surface area (Å²) in [5, 5.41) is 69.4. The van der Waals surface area contributed by atoms with Gasteiger partial charge in [-0.25, -0.2) is 14.4 Å². The third-order valence-corrected chi connectivity index (χ3v) is 7.40. The van der Waals surface area contributed by atoms with Crippen LogP contribution < -0.4 is 0 Å². The molecular weight excluding hydrogens is 728 g/mol. The van der Waals surface area contributed by atoms with Crippen LogP contribution in [0.15, 0.2) is 54.6 Å². The molecule has 0 saturated heterocycles. The monoisotopic (exact) mass is 776 g/mol. The minimum absolute atomic E-state index is 0.0526. The van der Waals surface area contributed by atoms with Gasteiger partial charge in [-0.05, 0) is 73.5 Å². The van der Waals surface area contributed by atoms with Gasteiger partial charge in [-0.15, -0.1) is 0 Å². The van der Waals surface area contributed by atoms with E-state index in [-0.39, 0.29) is 86.1 Å². The summed E-state index contributed by atoms with van der Waals surface area (Å²) in [5.74, 6) is -3.27. The van der Waals surface area contributed by atoms with Crippen LogP contribution in [0.1, 0.15) is 49.1 Å². The van der Waals surface area contributed by atoms with E-state index >= 15 is 0 Å². The van der Waals surface area contributed by atoms with Crippen LogP contribution in [-0.4, -0.2) is 138 Å². The SMILES string of the molecule is Cc1cc(O)cc(C(=O)OCC(O)COCC(C)(COCOCC(O)COC(=O)c2cc(O)cc(O)c2)COCC(O)COC(=O)c2cc(C)cc(O)c2)c1. The number of rotatable bonds is 23. The number of aliphatic hydroxyl groups excluding tert-OH is 3. The Morgan fingerprint density at radius 2 is 0.818 bits per heavy atom. The zero-order valence-corrected chi connectivity index (χ0v) is 30.7. The quantitative estimate of drug-likeness (QED) is 0.0315. The van der Waals surface area contributed by atoms with Gasteiger partial charge >= 0.3 is 17.9 Å². The maximum absolute atomic E-state index is 12.4. The van der Waals surface area contributed by atoms with Crippen molar-refractivity contribution in [1.82, 2.24) is 0 Å². The largest absolute Gasteiger partial charge is 0.508 e. The lowest BCUT2D eigenvalue weighted by molar-refractivity contribution is -0.133. The van der Waals surface area contributed by atoms with Crippen LogP contribution in [0.25, 0.3) is 0 Å². The van der Waals surface area contributed by atoms with Crippen LogP contribution in [0.3, 0.4) is 0 Å². The van der Waals surface area contributed by atoms with Gasteiger partial charge in [-0.3, -0.25) is 0 Å². The van der Waals surface area contributed by atoms with Gasteiger partial charge in [0.05, 0.1) is 56.3 Å². The second kappa shape index (κ2) is 21.8. The van der Waals surface area contributed by atoms with E-state index in [4.69, 9.17) is 33.2 Å². The minimum Gasteiger partial charge on any atom is -0.508 e. The molecule has 0 heterocycles. The lowest BCUT2D eigenvalue weighted by Crippen LogP contribution is -2.37. The Balaban J connectivity index is 1.46. The standard InChI is InChI=1S/C38H48O17/c1-23-4-25(8-28(39)6-23)35(46)53-16-32(43)13-49-19-38(3,20-50-14-33(44)17-54-36(47)26-5-24(2)7-29(40)9-26)21-52-22-51-15-34(45)18-55-37(48)27-10-30(41)12-31(42)11-27/h4-12,32-34,39-45H,13-22H2,1-3H3. The fourth-order valence-electron chi connectivity index (χ4n) is 4.92. The van der Waals surface area contributed by atoms with E-state index in [1.54, 1.807) is 20.8 Å². The van der Waals surface area contributed by atoms with Crippen LogP contribution in [0, 0.1) is 19.3 Å². The van der Waals surface area contributed by atoms with Crippen LogP contribution in [-0.2, 0) is 33.2 Å². The number of phenolic OH excluding ortho intramolecular Hbond substituents is 4. The number of carbonyl (C=O) groups is 3. The van der Waals surface area contributed by atoms with Crippen molar-refractivity contribution in [2.45, 2.75) is 39.1 Å². The predicted octanol–water partition coefficient (Wildman–Crippen LogP) is 2.11. The van der Waals surface area contributed by atoms with Crippen molar-refractivity contribution in [3.63, 3.8) is 0 Å². The lowest BCUT2D eigenvalue weighted by atomic mass is 9.94. The molecule has 3 atom stereocenters. The number of hydrogen-bond donors (Lipinski definition) is 7. The third-order valence-electron chi connectivity index (χ3n) is 7.40. The fraction of sp³-hybridized carbons (Fsp3) is 0.447. The molecule has 3 unspecified atom stereocenters. The number of aryl methyl sites for hydroxylation is 2. The molecule has 55 heavy (non-hydrogen) atoms. The molecule has 0 fully saturated rings. The van der Waals surface area contributed by atoms with Crippen LogP contribution in [0.4, 0.5) is 0 Å². The topological polar surface area (TPSA) is 257 Å². The van der Waals surface area contributed by atoms with Gasteiger partial charge in [-0.2, -0.15) is 0 Å². The van der Waals surface area contributed by atoms with E-state index in [0.717, 1.165) is 18.2 Å². The zero-order chi connectivity index (χ0) is 40.5. The Morgan fingerprint density at radius 1 is 0.491 bits per heavy atom. The second-order valence-electron chi connectivity index (χ2n) is 13.3. The van der Waals surface area contributed by atoms with Gasteiger partial charge in [0.25, 0.3) is 0 Å². The molecule has 0 bridgehead atoms. The summed E-state index contributed by atoms with van der Waals surface area (Å²) in [6, 6.07) is 11.7. The molecule has 0 spiro atoms.